The van der Waals surface area contributed by atoms with Crippen LogP contribution in [0, 0.1) is 13.8 Å². The van der Waals surface area contributed by atoms with Crippen LogP contribution in [0.15, 0.2) is 16.2 Å². The van der Waals surface area contributed by atoms with Crippen LogP contribution in [0.1, 0.15) is 31.3 Å². The molecule has 110 valence electrons. The summed E-state index contributed by atoms with van der Waals surface area (Å²) in [4.78, 5) is 35.9. The number of H-pyrrole nitrogens is 1. The Kier molecular flexibility index (Phi) is 4.18. The van der Waals surface area contributed by atoms with Gasteiger partial charge in [0, 0.05) is 0 Å². The van der Waals surface area contributed by atoms with Crippen molar-refractivity contribution < 1.29 is 14.3 Å². The molecule has 2 aromatic heterocycles. The summed E-state index contributed by atoms with van der Waals surface area (Å²) in [5, 5.41) is 10.3. The van der Waals surface area contributed by atoms with E-state index >= 15 is 0 Å². The van der Waals surface area contributed by atoms with Gasteiger partial charge in [0.2, 0.25) is 0 Å². The average molecular weight is 307 g/mol. The summed E-state index contributed by atoms with van der Waals surface area (Å²) >= 11 is 1.14. The highest BCUT2D eigenvalue weighted by Gasteiger charge is 2.20. The largest absolute Gasteiger partial charge is 0.465 e. The van der Waals surface area contributed by atoms with Crippen LogP contribution in [0.3, 0.4) is 0 Å². The number of esters is 1. The van der Waals surface area contributed by atoms with Gasteiger partial charge >= 0.3 is 5.97 Å². The average Bonchev–Trinajstić information content (AvgIpc) is 2.90. The van der Waals surface area contributed by atoms with Gasteiger partial charge in [0.1, 0.15) is 10.4 Å². The molecule has 8 heteroatoms. The maximum Gasteiger partial charge on any atom is 0.350 e. The Hall–Kier alpha value is -2.48. The number of anilines is 1. The molecular formula is C13H13N3O4S. The van der Waals surface area contributed by atoms with E-state index in [2.05, 4.69) is 20.3 Å². The Morgan fingerprint density at radius 3 is 2.76 bits per heavy atom. The summed E-state index contributed by atoms with van der Waals surface area (Å²) in [5.74, 6) is -1.14. The Morgan fingerprint density at radius 2 is 2.10 bits per heavy atom. The molecule has 2 N–H and O–H groups in total. The van der Waals surface area contributed by atoms with Crippen molar-refractivity contribution in [1.29, 1.82) is 0 Å². The number of hydrogen-bond donors (Lipinski definition) is 2. The summed E-state index contributed by atoms with van der Waals surface area (Å²) < 4.78 is 4.63. The molecule has 0 fully saturated rings. The van der Waals surface area contributed by atoms with E-state index < -0.39 is 17.4 Å². The van der Waals surface area contributed by atoms with Crippen LogP contribution in [0.2, 0.25) is 0 Å². The molecule has 7 nitrogen and oxygen atoms in total. The Bertz CT molecular complexity index is 763. The van der Waals surface area contributed by atoms with Crippen LogP contribution >= 0.6 is 11.3 Å². The summed E-state index contributed by atoms with van der Waals surface area (Å²) in [7, 11) is 1.26. The smallest absolute Gasteiger partial charge is 0.350 e. The van der Waals surface area contributed by atoms with Crippen molar-refractivity contribution in [3.05, 3.63) is 43.5 Å². The second-order valence-corrected chi connectivity index (χ2v) is 5.16. The van der Waals surface area contributed by atoms with Gasteiger partial charge in [-0.15, -0.1) is 11.3 Å². The molecule has 0 unspecified atom stereocenters. The first-order chi connectivity index (χ1) is 9.95. The molecule has 0 saturated heterocycles. The van der Waals surface area contributed by atoms with Crippen LogP contribution in [-0.2, 0) is 4.74 Å². The van der Waals surface area contributed by atoms with Crippen molar-refractivity contribution in [3.63, 3.8) is 0 Å². The number of amides is 1. The maximum absolute atomic E-state index is 12.3. The number of ether oxygens (including phenoxy) is 1. The normalized spacial score (nSPS) is 10.2. The third-order valence-electron chi connectivity index (χ3n) is 2.98. The third-order valence-corrected chi connectivity index (χ3v) is 3.88. The first-order valence-corrected chi connectivity index (χ1v) is 6.86. The van der Waals surface area contributed by atoms with Crippen LogP contribution in [0.25, 0.3) is 0 Å². The SMILES string of the molecule is COC(=O)c1sccc1NC(=O)c1c(C)c(C)n[nH]c1=O. The number of rotatable bonds is 3. The van der Waals surface area contributed by atoms with Crippen molar-refractivity contribution >= 4 is 28.9 Å². The number of nitrogens with zero attached hydrogens (tertiary/aromatic N) is 1. The van der Waals surface area contributed by atoms with Crippen molar-refractivity contribution in [2.45, 2.75) is 13.8 Å². The molecule has 0 spiro atoms. The number of aromatic amines is 1. The van der Waals surface area contributed by atoms with Crippen LogP contribution in [0.4, 0.5) is 5.69 Å². The van der Waals surface area contributed by atoms with Crippen LogP contribution in [-0.4, -0.2) is 29.2 Å². The molecule has 0 bridgehead atoms. The van der Waals surface area contributed by atoms with Gasteiger partial charge in [-0.25, -0.2) is 9.89 Å². The van der Waals surface area contributed by atoms with Gasteiger partial charge in [-0.2, -0.15) is 5.10 Å². The number of carbonyl (C=O) groups excluding carboxylic acids is 2. The first kappa shape index (κ1) is 14.9. The van der Waals surface area contributed by atoms with E-state index in [0.717, 1.165) is 11.3 Å². The molecule has 0 aliphatic heterocycles. The molecule has 0 aliphatic rings. The zero-order chi connectivity index (χ0) is 15.6. The molecule has 21 heavy (non-hydrogen) atoms. The zero-order valence-electron chi connectivity index (χ0n) is 11.6. The van der Waals surface area contributed by atoms with Gasteiger partial charge in [-0.1, -0.05) is 0 Å². The fraction of sp³-hybridized carbons (Fsp3) is 0.231. The standard InChI is InChI=1S/C13H13N3O4S/c1-6-7(2)15-16-12(18)9(6)11(17)14-8-4-5-21-10(8)13(19)20-3/h4-5H,1-3H3,(H,14,17)(H,16,18). The van der Waals surface area contributed by atoms with Gasteiger partial charge in [0.15, 0.2) is 0 Å². The monoisotopic (exact) mass is 307 g/mol. The highest BCUT2D eigenvalue weighted by molar-refractivity contribution is 7.12. The number of aromatic nitrogens is 2. The van der Waals surface area contributed by atoms with Gasteiger partial charge in [-0.3, -0.25) is 9.59 Å². The molecule has 2 aromatic rings. The second-order valence-electron chi connectivity index (χ2n) is 4.25. The molecule has 0 saturated carbocycles. The molecular weight excluding hydrogens is 294 g/mol. The third kappa shape index (κ3) is 2.84. The highest BCUT2D eigenvalue weighted by Crippen LogP contribution is 2.23. The lowest BCUT2D eigenvalue weighted by Gasteiger charge is -2.08. The van der Waals surface area contributed by atoms with Gasteiger partial charge in [-0.05, 0) is 30.9 Å². The molecule has 0 atom stereocenters. The minimum Gasteiger partial charge on any atom is -0.465 e. The fourth-order valence-electron chi connectivity index (χ4n) is 1.74. The Labute approximate surface area is 124 Å². The van der Waals surface area contributed by atoms with E-state index in [4.69, 9.17) is 0 Å². The molecule has 0 aliphatic carbocycles. The fourth-order valence-corrected chi connectivity index (χ4v) is 2.51. The van der Waals surface area contributed by atoms with E-state index in [-0.39, 0.29) is 10.4 Å². The lowest BCUT2D eigenvalue weighted by Crippen LogP contribution is -2.26. The van der Waals surface area contributed by atoms with E-state index in [0.29, 0.717) is 16.9 Å². The first-order valence-electron chi connectivity index (χ1n) is 5.98. The predicted molar refractivity (Wildman–Crippen MR) is 77.9 cm³/mol. The molecule has 2 heterocycles. The highest BCUT2D eigenvalue weighted by atomic mass is 32.1. The summed E-state index contributed by atoms with van der Waals surface area (Å²) in [6, 6.07) is 1.58. The van der Waals surface area contributed by atoms with E-state index in [1.807, 2.05) is 0 Å². The van der Waals surface area contributed by atoms with Gasteiger partial charge < -0.3 is 10.1 Å². The van der Waals surface area contributed by atoms with Crippen LogP contribution < -0.4 is 10.9 Å². The summed E-state index contributed by atoms with van der Waals surface area (Å²) in [6.07, 6.45) is 0. The van der Waals surface area contributed by atoms with Crippen molar-refractivity contribution in [2.24, 2.45) is 0 Å². The number of thiophene rings is 1. The number of aryl methyl sites for hydroxylation is 1. The minimum atomic E-state index is -0.595. The van der Waals surface area contributed by atoms with Crippen molar-refractivity contribution in [3.8, 4) is 0 Å². The van der Waals surface area contributed by atoms with E-state index in [1.54, 1.807) is 25.3 Å². The predicted octanol–water partition coefficient (Wildman–Crippen LogP) is 1.49. The number of hydrogen-bond acceptors (Lipinski definition) is 6. The zero-order valence-corrected chi connectivity index (χ0v) is 12.5. The quantitative estimate of drug-likeness (QED) is 0.837. The van der Waals surface area contributed by atoms with Gasteiger partial charge in [0.25, 0.3) is 11.5 Å². The molecule has 0 aromatic carbocycles. The lowest BCUT2D eigenvalue weighted by molar-refractivity contribution is 0.0607. The van der Waals surface area contributed by atoms with E-state index in [1.165, 1.54) is 7.11 Å². The Balaban J connectivity index is 2.36. The molecule has 1 amide bonds. The van der Waals surface area contributed by atoms with Gasteiger partial charge in [0.05, 0.1) is 18.5 Å². The molecule has 2 rings (SSSR count). The molecule has 0 radical (unpaired) electrons. The van der Waals surface area contributed by atoms with Crippen molar-refractivity contribution in [2.75, 3.05) is 12.4 Å². The number of carbonyl (C=O) groups is 2. The van der Waals surface area contributed by atoms with Crippen LogP contribution in [0.5, 0.6) is 0 Å². The van der Waals surface area contributed by atoms with Crippen molar-refractivity contribution in [1.82, 2.24) is 10.2 Å². The second kappa shape index (κ2) is 5.88. The lowest BCUT2D eigenvalue weighted by atomic mass is 10.1. The Morgan fingerprint density at radius 1 is 1.38 bits per heavy atom. The summed E-state index contributed by atoms with van der Waals surface area (Å²) in [5.41, 5.74) is 0.754. The van der Waals surface area contributed by atoms with E-state index in [9.17, 15) is 14.4 Å². The number of nitrogens with one attached hydrogen (secondary N) is 2. The number of methoxy groups -OCH3 is 1. The maximum atomic E-state index is 12.3. The summed E-state index contributed by atoms with van der Waals surface area (Å²) in [6.45, 7) is 3.33. The topological polar surface area (TPSA) is 101 Å². The minimum absolute atomic E-state index is 0.0236.